The molecule has 192 valence electrons. The topological polar surface area (TPSA) is 71.1 Å². The maximum absolute atomic E-state index is 13.6. The van der Waals surface area contributed by atoms with E-state index in [0.29, 0.717) is 36.8 Å². The average molecular weight is 510 g/mol. The van der Waals surface area contributed by atoms with Crippen LogP contribution in [0.4, 0.5) is 10.5 Å². The Bertz CT molecular complexity index is 1110. The fraction of sp³-hybridized carbons (Fsp3) is 0.357. The van der Waals surface area contributed by atoms with Crippen molar-refractivity contribution in [3.63, 3.8) is 0 Å². The van der Waals surface area contributed by atoms with Crippen molar-refractivity contribution < 1.29 is 19.1 Å². The molecular weight excluding hydrogens is 474 g/mol. The lowest BCUT2D eigenvalue weighted by Crippen LogP contribution is -2.44. The Morgan fingerprint density at radius 2 is 1.61 bits per heavy atom. The number of anilines is 1. The summed E-state index contributed by atoms with van der Waals surface area (Å²) in [5, 5.41) is 2.91. The highest BCUT2D eigenvalue weighted by molar-refractivity contribution is 7.11. The van der Waals surface area contributed by atoms with E-state index in [2.05, 4.69) is 31.3 Å². The zero-order chi connectivity index (χ0) is 25.9. The Morgan fingerprint density at radius 3 is 2.19 bits per heavy atom. The summed E-state index contributed by atoms with van der Waals surface area (Å²) in [6.07, 6.45) is 1.71. The van der Waals surface area contributed by atoms with Crippen molar-refractivity contribution in [2.75, 3.05) is 32.6 Å². The lowest BCUT2D eigenvalue weighted by atomic mass is 10.2. The summed E-state index contributed by atoms with van der Waals surface area (Å²) in [7, 11) is 3.12. The second-order valence-corrected chi connectivity index (χ2v) is 9.93. The monoisotopic (exact) mass is 509 g/mol. The van der Waals surface area contributed by atoms with E-state index in [1.807, 2.05) is 35.2 Å². The van der Waals surface area contributed by atoms with Crippen LogP contribution in [-0.2, 0) is 17.9 Å². The average Bonchev–Trinajstić information content (AvgIpc) is 3.30. The van der Waals surface area contributed by atoms with Gasteiger partial charge in [0.25, 0.3) is 0 Å². The number of hydrogen-bond acceptors (Lipinski definition) is 5. The van der Waals surface area contributed by atoms with E-state index in [-0.39, 0.29) is 18.5 Å². The number of ether oxygens (including phenoxy) is 2. The van der Waals surface area contributed by atoms with Crippen LogP contribution in [0.25, 0.3) is 0 Å². The van der Waals surface area contributed by atoms with E-state index in [0.717, 1.165) is 23.3 Å². The highest BCUT2D eigenvalue weighted by Gasteiger charge is 2.22. The molecule has 1 aromatic heterocycles. The van der Waals surface area contributed by atoms with Gasteiger partial charge in [-0.05, 0) is 31.0 Å². The van der Waals surface area contributed by atoms with Crippen LogP contribution in [0, 0.1) is 6.92 Å². The Balaban J connectivity index is 1.77. The quantitative estimate of drug-likeness (QED) is 0.328. The number of nitrogens with zero attached hydrogens (tertiary/aromatic N) is 2. The van der Waals surface area contributed by atoms with E-state index in [4.69, 9.17) is 9.47 Å². The maximum Gasteiger partial charge on any atom is 0.322 e. The molecule has 0 fully saturated rings. The molecule has 7 nitrogen and oxygen atoms in total. The molecule has 0 unspecified atom stereocenters. The van der Waals surface area contributed by atoms with Gasteiger partial charge in [-0.15, -0.1) is 11.3 Å². The van der Waals surface area contributed by atoms with Gasteiger partial charge in [0, 0.05) is 46.7 Å². The Hall–Kier alpha value is -3.52. The normalized spacial score (nSPS) is 10.6. The fourth-order valence-corrected chi connectivity index (χ4v) is 4.65. The number of unbranched alkanes of at least 4 members (excludes halogenated alkanes) is 1. The number of rotatable bonds is 12. The molecule has 0 radical (unpaired) electrons. The smallest absolute Gasteiger partial charge is 0.322 e. The van der Waals surface area contributed by atoms with Crippen LogP contribution in [0.2, 0.25) is 0 Å². The second-order valence-electron chi connectivity index (χ2n) is 8.55. The molecule has 3 aromatic rings. The van der Waals surface area contributed by atoms with Crippen LogP contribution in [0.15, 0.2) is 60.7 Å². The summed E-state index contributed by atoms with van der Waals surface area (Å²) < 4.78 is 10.6. The summed E-state index contributed by atoms with van der Waals surface area (Å²) in [5.74, 6) is 1.04. The van der Waals surface area contributed by atoms with Crippen molar-refractivity contribution in [3.05, 3.63) is 76.0 Å². The number of methoxy groups -OCH3 is 2. The predicted octanol–water partition coefficient (Wildman–Crippen LogP) is 5.94. The van der Waals surface area contributed by atoms with Crippen molar-refractivity contribution in [1.82, 2.24) is 9.80 Å². The highest BCUT2D eigenvalue weighted by atomic mass is 32.1. The summed E-state index contributed by atoms with van der Waals surface area (Å²) in [5.41, 5.74) is 1.59. The minimum Gasteiger partial charge on any atom is -0.497 e. The van der Waals surface area contributed by atoms with Gasteiger partial charge in [-0.3, -0.25) is 4.79 Å². The molecule has 36 heavy (non-hydrogen) atoms. The molecule has 1 heterocycles. The number of hydrogen-bond donors (Lipinski definition) is 1. The van der Waals surface area contributed by atoms with Crippen molar-refractivity contribution in [2.24, 2.45) is 0 Å². The summed E-state index contributed by atoms with van der Waals surface area (Å²) in [6.45, 7) is 5.57. The van der Waals surface area contributed by atoms with Crippen LogP contribution >= 0.6 is 11.3 Å². The SMILES string of the molecule is CCCCN(CC(=O)N(Cc1ccccc1)Cc1ccc(C)s1)C(=O)Nc1cc(OC)cc(OC)c1. The van der Waals surface area contributed by atoms with E-state index < -0.39 is 0 Å². The zero-order valence-electron chi connectivity index (χ0n) is 21.5. The van der Waals surface area contributed by atoms with Crippen LogP contribution < -0.4 is 14.8 Å². The van der Waals surface area contributed by atoms with E-state index in [1.165, 1.54) is 4.88 Å². The molecule has 0 aliphatic rings. The maximum atomic E-state index is 13.6. The lowest BCUT2D eigenvalue weighted by Gasteiger charge is -2.28. The second kappa shape index (κ2) is 13.5. The third-order valence-electron chi connectivity index (χ3n) is 5.71. The molecule has 0 saturated heterocycles. The van der Waals surface area contributed by atoms with E-state index in [1.54, 1.807) is 48.7 Å². The van der Waals surface area contributed by atoms with Gasteiger partial charge in [-0.2, -0.15) is 0 Å². The van der Waals surface area contributed by atoms with Gasteiger partial charge in [-0.25, -0.2) is 4.79 Å². The molecule has 0 atom stereocenters. The molecule has 0 spiro atoms. The number of nitrogens with one attached hydrogen (secondary N) is 1. The first kappa shape index (κ1) is 27.1. The van der Waals surface area contributed by atoms with Crippen LogP contribution in [0.5, 0.6) is 11.5 Å². The predicted molar refractivity (Wildman–Crippen MR) is 145 cm³/mol. The first-order valence-electron chi connectivity index (χ1n) is 12.1. The number of aryl methyl sites for hydroxylation is 1. The third-order valence-corrected chi connectivity index (χ3v) is 6.69. The standard InChI is InChI=1S/C28H35N3O4S/c1-5-6-14-30(28(33)29-23-15-24(34-3)17-25(16-23)35-4)20-27(32)31(18-22-10-8-7-9-11-22)19-26-13-12-21(2)36-26/h7-13,15-17H,5-6,14,18-20H2,1-4H3,(H,29,33). The number of carbonyl (C=O) groups is 2. The zero-order valence-corrected chi connectivity index (χ0v) is 22.3. The van der Waals surface area contributed by atoms with E-state index >= 15 is 0 Å². The van der Waals surface area contributed by atoms with Crippen molar-refractivity contribution in [2.45, 2.75) is 39.8 Å². The Kier molecular flexibility index (Phi) is 10.2. The molecule has 0 saturated carbocycles. The van der Waals surface area contributed by atoms with Gasteiger partial charge in [-0.1, -0.05) is 43.7 Å². The first-order chi connectivity index (χ1) is 17.4. The molecule has 1 N–H and O–H groups in total. The Morgan fingerprint density at radius 1 is 0.917 bits per heavy atom. The van der Waals surface area contributed by atoms with Gasteiger partial charge in [0.1, 0.15) is 18.0 Å². The Labute approximate surface area is 217 Å². The van der Waals surface area contributed by atoms with Gasteiger partial charge < -0.3 is 24.6 Å². The molecule has 3 rings (SSSR count). The van der Waals surface area contributed by atoms with Gasteiger partial charge in [0.15, 0.2) is 0 Å². The van der Waals surface area contributed by atoms with Gasteiger partial charge >= 0.3 is 6.03 Å². The largest absolute Gasteiger partial charge is 0.497 e. The molecule has 0 aliphatic heterocycles. The van der Waals surface area contributed by atoms with Crippen LogP contribution in [-0.4, -0.2) is 49.0 Å². The van der Waals surface area contributed by atoms with Gasteiger partial charge in [0.05, 0.1) is 20.8 Å². The summed E-state index contributed by atoms with van der Waals surface area (Å²) in [6, 6.07) is 18.9. The fourth-order valence-electron chi connectivity index (χ4n) is 3.74. The van der Waals surface area contributed by atoms with E-state index in [9.17, 15) is 9.59 Å². The minimum absolute atomic E-state index is 0.00979. The number of benzene rings is 2. The van der Waals surface area contributed by atoms with Crippen LogP contribution in [0.1, 0.15) is 35.1 Å². The molecule has 0 bridgehead atoms. The molecular formula is C28H35N3O4S. The molecule has 8 heteroatoms. The number of carbonyl (C=O) groups excluding carboxylic acids is 2. The number of amides is 3. The molecule has 2 aromatic carbocycles. The van der Waals surface area contributed by atoms with Crippen molar-refractivity contribution in [3.8, 4) is 11.5 Å². The third kappa shape index (κ3) is 8.02. The van der Waals surface area contributed by atoms with Gasteiger partial charge in [0.2, 0.25) is 5.91 Å². The lowest BCUT2D eigenvalue weighted by molar-refractivity contribution is -0.133. The first-order valence-corrected chi connectivity index (χ1v) is 12.9. The number of thiophene rings is 1. The van der Waals surface area contributed by atoms with Crippen molar-refractivity contribution in [1.29, 1.82) is 0 Å². The van der Waals surface area contributed by atoms with Crippen molar-refractivity contribution >= 4 is 29.0 Å². The highest BCUT2D eigenvalue weighted by Crippen LogP contribution is 2.26. The minimum atomic E-state index is -0.335. The molecule has 3 amide bonds. The molecule has 0 aliphatic carbocycles. The summed E-state index contributed by atoms with van der Waals surface area (Å²) >= 11 is 1.68. The summed E-state index contributed by atoms with van der Waals surface area (Å²) in [4.78, 5) is 32.5. The number of urea groups is 1. The van der Waals surface area contributed by atoms with Crippen LogP contribution in [0.3, 0.4) is 0 Å².